The summed E-state index contributed by atoms with van der Waals surface area (Å²) in [6.07, 6.45) is 10.7. The maximum atomic E-state index is 8.75. The van der Waals surface area contributed by atoms with Crippen LogP contribution in [0.4, 0.5) is 0 Å². The molecular weight excluding hydrogens is 148 g/mol. The molecule has 1 aliphatic carbocycles. The van der Waals surface area contributed by atoms with Gasteiger partial charge in [0.2, 0.25) is 0 Å². The molecule has 2 heteroatoms. The first-order chi connectivity index (χ1) is 5.92. The van der Waals surface area contributed by atoms with Crippen LogP contribution < -0.4 is 0 Å². The number of nitrogens with zero attached hydrogens (tertiary/aromatic N) is 1. The largest absolute Gasteiger partial charge is 0.366 e. The van der Waals surface area contributed by atoms with Gasteiger partial charge in [0.05, 0.1) is 5.56 Å². The van der Waals surface area contributed by atoms with E-state index in [0.717, 1.165) is 17.5 Å². The minimum absolute atomic E-state index is 0.727. The Bertz CT molecular complexity index is 388. The fraction of sp³-hybridized carbons (Fsp3) is 0.100. The first kappa shape index (κ1) is 6.93. The van der Waals surface area contributed by atoms with Gasteiger partial charge in [-0.3, -0.25) is 0 Å². The van der Waals surface area contributed by atoms with Crippen LogP contribution in [0.1, 0.15) is 17.5 Å². The van der Waals surface area contributed by atoms with Crippen molar-refractivity contribution in [1.29, 1.82) is 5.26 Å². The highest BCUT2D eigenvalue weighted by molar-refractivity contribution is 5.74. The Morgan fingerprint density at radius 3 is 3.00 bits per heavy atom. The van der Waals surface area contributed by atoms with Crippen LogP contribution in [0.2, 0.25) is 0 Å². The van der Waals surface area contributed by atoms with Crippen molar-refractivity contribution in [3.05, 3.63) is 41.7 Å². The Balaban J connectivity index is 2.41. The van der Waals surface area contributed by atoms with Crippen LogP contribution in [0.15, 0.2) is 30.6 Å². The van der Waals surface area contributed by atoms with Gasteiger partial charge < -0.3 is 4.98 Å². The number of nitrogens with one attached hydrogen (secondary N) is 1. The molecule has 2 rings (SSSR count). The Labute approximate surface area is 70.8 Å². The summed E-state index contributed by atoms with van der Waals surface area (Å²) in [5, 5.41) is 8.75. The second kappa shape index (κ2) is 2.71. The molecule has 1 aromatic rings. The Kier molecular flexibility index (Phi) is 1.56. The molecule has 0 radical (unpaired) electrons. The molecular formula is C10H8N2. The molecule has 12 heavy (non-hydrogen) atoms. The van der Waals surface area contributed by atoms with E-state index >= 15 is 0 Å². The number of nitriles is 1. The highest BCUT2D eigenvalue weighted by Crippen LogP contribution is 2.25. The van der Waals surface area contributed by atoms with Gasteiger partial charge in [-0.2, -0.15) is 5.26 Å². The van der Waals surface area contributed by atoms with Crippen molar-refractivity contribution in [2.75, 3.05) is 0 Å². The second-order valence-electron chi connectivity index (χ2n) is 2.72. The molecule has 0 aliphatic heterocycles. The highest BCUT2D eigenvalue weighted by Gasteiger charge is 2.08. The van der Waals surface area contributed by atoms with Crippen LogP contribution in [-0.4, -0.2) is 4.98 Å². The molecule has 0 amide bonds. The van der Waals surface area contributed by atoms with Gasteiger partial charge >= 0.3 is 0 Å². The van der Waals surface area contributed by atoms with E-state index in [9.17, 15) is 0 Å². The predicted octanol–water partition coefficient (Wildman–Crippen LogP) is 2.23. The number of rotatable bonds is 1. The van der Waals surface area contributed by atoms with Gasteiger partial charge in [-0.15, -0.1) is 0 Å². The minimum atomic E-state index is 0.727. The van der Waals surface area contributed by atoms with E-state index in [1.807, 2.05) is 18.3 Å². The standard InChI is InChI=1S/C10H8N2/c11-5-9-6-12-7-10(9)8-3-1-2-4-8/h1-3,6-7,12H,4H2. The van der Waals surface area contributed by atoms with Crippen molar-refractivity contribution < 1.29 is 0 Å². The summed E-state index contributed by atoms with van der Waals surface area (Å²) in [7, 11) is 0. The SMILES string of the molecule is N#Cc1c[nH]cc1C1=CC=CC1. The third-order valence-electron chi connectivity index (χ3n) is 1.98. The average Bonchev–Trinajstić information content (AvgIpc) is 2.74. The summed E-state index contributed by atoms with van der Waals surface area (Å²) in [6, 6.07) is 2.15. The van der Waals surface area contributed by atoms with E-state index in [0.29, 0.717) is 0 Å². The summed E-state index contributed by atoms with van der Waals surface area (Å²) in [5.41, 5.74) is 2.97. The zero-order valence-corrected chi connectivity index (χ0v) is 6.54. The number of hydrogen-bond acceptors (Lipinski definition) is 1. The van der Waals surface area contributed by atoms with Gasteiger partial charge in [0.1, 0.15) is 6.07 Å². The molecule has 1 aromatic heterocycles. The van der Waals surface area contributed by atoms with Crippen LogP contribution >= 0.6 is 0 Å². The molecule has 0 saturated carbocycles. The normalized spacial score (nSPS) is 14.4. The lowest BCUT2D eigenvalue weighted by atomic mass is 10.1. The lowest BCUT2D eigenvalue weighted by Crippen LogP contribution is -1.80. The molecule has 0 unspecified atom stereocenters. The summed E-state index contributed by atoms with van der Waals surface area (Å²) in [6.45, 7) is 0. The number of allylic oxidation sites excluding steroid dienone is 4. The third kappa shape index (κ3) is 0.960. The quantitative estimate of drug-likeness (QED) is 0.665. The lowest BCUT2D eigenvalue weighted by molar-refractivity contribution is 1.39. The van der Waals surface area contributed by atoms with Crippen molar-refractivity contribution >= 4 is 5.57 Å². The maximum Gasteiger partial charge on any atom is 0.101 e. The number of hydrogen-bond donors (Lipinski definition) is 1. The minimum Gasteiger partial charge on any atom is -0.366 e. The molecule has 0 aromatic carbocycles. The molecule has 0 fully saturated rings. The van der Waals surface area contributed by atoms with Gasteiger partial charge in [-0.1, -0.05) is 18.2 Å². The van der Waals surface area contributed by atoms with E-state index in [2.05, 4.69) is 17.1 Å². The Morgan fingerprint density at radius 1 is 1.42 bits per heavy atom. The van der Waals surface area contributed by atoms with Crippen LogP contribution in [0, 0.1) is 11.3 Å². The van der Waals surface area contributed by atoms with Gasteiger partial charge in [-0.05, 0) is 12.0 Å². The van der Waals surface area contributed by atoms with Crippen molar-refractivity contribution in [3.8, 4) is 6.07 Å². The predicted molar refractivity (Wildman–Crippen MR) is 47.2 cm³/mol. The van der Waals surface area contributed by atoms with Gasteiger partial charge in [0, 0.05) is 18.0 Å². The lowest BCUT2D eigenvalue weighted by Gasteiger charge is -1.96. The molecule has 0 atom stereocenters. The van der Waals surface area contributed by atoms with Crippen molar-refractivity contribution in [1.82, 2.24) is 4.98 Å². The molecule has 58 valence electrons. The Morgan fingerprint density at radius 2 is 2.33 bits per heavy atom. The fourth-order valence-electron chi connectivity index (χ4n) is 1.37. The van der Waals surface area contributed by atoms with E-state index in [4.69, 9.17) is 5.26 Å². The summed E-state index contributed by atoms with van der Waals surface area (Å²) < 4.78 is 0. The smallest absolute Gasteiger partial charge is 0.101 e. The highest BCUT2D eigenvalue weighted by atomic mass is 14.6. The van der Waals surface area contributed by atoms with E-state index in [1.165, 1.54) is 5.57 Å². The zero-order valence-electron chi connectivity index (χ0n) is 6.54. The van der Waals surface area contributed by atoms with E-state index in [1.54, 1.807) is 6.20 Å². The fourth-order valence-corrected chi connectivity index (χ4v) is 1.37. The number of H-pyrrole nitrogens is 1. The summed E-state index contributed by atoms with van der Waals surface area (Å²) in [4.78, 5) is 2.94. The summed E-state index contributed by atoms with van der Waals surface area (Å²) >= 11 is 0. The van der Waals surface area contributed by atoms with Crippen LogP contribution in [0.3, 0.4) is 0 Å². The molecule has 1 N–H and O–H groups in total. The molecule has 1 aliphatic rings. The maximum absolute atomic E-state index is 8.75. The summed E-state index contributed by atoms with van der Waals surface area (Å²) in [5.74, 6) is 0. The molecule has 0 saturated heterocycles. The topological polar surface area (TPSA) is 39.6 Å². The van der Waals surface area contributed by atoms with Crippen LogP contribution in [-0.2, 0) is 0 Å². The third-order valence-corrected chi connectivity index (χ3v) is 1.98. The van der Waals surface area contributed by atoms with Crippen molar-refractivity contribution in [2.24, 2.45) is 0 Å². The molecule has 0 bridgehead atoms. The van der Waals surface area contributed by atoms with Gasteiger partial charge in [0.15, 0.2) is 0 Å². The average molecular weight is 156 g/mol. The zero-order chi connectivity index (χ0) is 8.39. The monoisotopic (exact) mass is 156 g/mol. The number of aromatic nitrogens is 1. The van der Waals surface area contributed by atoms with Crippen LogP contribution in [0.25, 0.3) is 5.57 Å². The first-order valence-electron chi connectivity index (χ1n) is 3.85. The van der Waals surface area contributed by atoms with E-state index in [-0.39, 0.29) is 0 Å². The Hall–Kier alpha value is -1.75. The van der Waals surface area contributed by atoms with Crippen molar-refractivity contribution in [2.45, 2.75) is 6.42 Å². The van der Waals surface area contributed by atoms with Crippen molar-refractivity contribution in [3.63, 3.8) is 0 Å². The first-order valence-corrected chi connectivity index (χ1v) is 3.85. The van der Waals surface area contributed by atoms with Gasteiger partial charge in [-0.25, -0.2) is 0 Å². The van der Waals surface area contributed by atoms with Gasteiger partial charge in [0.25, 0.3) is 0 Å². The molecule has 2 nitrogen and oxygen atoms in total. The number of aromatic amines is 1. The molecule has 1 heterocycles. The van der Waals surface area contributed by atoms with E-state index < -0.39 is 0 Å². The molecule has 0 spiro atoms. The second-order valence-corrected chi connectivity index (χ2v) is 2.72. The van der Waals surface area contributed by atoms with Crippen LogP contribution in [0.5, 0.6) is 0 Å².